The molecule has 6 nitrogen and oxygen atoms in total. The van der Waals surface area contributed by atoms with E-state index in [9.17, 15) is 4.79 Å². The van der Waals surface area contributed by atoms with E-state index >= 15 is 0 Å². The van der Waals surface area contributed by atoms with Crippen LogP contribution in [0.15, 0.2) is 46.0 Å². The normalized spacial score (nSPS) is 10.6. The molecule has 0 saturated heterocycles. The van der Waals surface area contributed by atoms with E-state index in [2.05, 4.69) is 15.1 Å². The van der Waals surface area contributed by atoms with Crippen LogP contribution in [0.1, 0.15) is 17.1 Å². The number of ether oxygens (including phenoxy) is 1. The van der Waals surface area contributed by atoms with E-state index in [-0.39, 0.29) is 17.9 Å². The number of H-pyrrole nitrogens is 1. The summed E-state index contributed by atoms with van der Waals surface area (Å²) in [7, 11) is 0. The van der Waals surface area contributed by atoms with E-state index in [1.165, 1.54) is 0 Å². The Labute approximate surface area is 126 Å². The van der Waals surface area contributed by atoms with Gasteiger partial charge < -0.3 is 14.2 Å². The van der Waals surface area contributed by atoms with Crippen molar-refractivity contribution >= 4 is 0 Å². The number of hydrogen-bond donors (Lipinski definition) is 1. The van der Waals surface area contributed by atoms with E-state index < -0.39 is 0 Å². The lowest BCUT2D eigenvalue weighted by atomic mass is 10.1. The summed E-state index contributed by atoms with van der Waals surface area (Å²) in [6, 6.07) is 7.23. The standard InChI is InChI=1S/C16H15N3O3/c1-10-15(11(2)22-19-10)12-7-14(16(20)18-8-12)21-9-13-5-3-4-6-17-13/h3-8H,9H2,1-2H3,(H,18,20). The fourth-order valence-corrected chi connectivity index (χ4v) is 2.24. The van der Waals surface area contributed by atoms with Gasteiger partial charge in [0.2, 0.25) is 0 Å². The van der Waals surface area contributed by atoms with Crippen molar-refractivity contribution in [2.45, 2.75) is 20.5 Å². The SMILES string of the molecule is Cc1noc(C)c1-c1c[nH]c(=O)c(OCc2ccccn2)c1. The Morgan fingerprint density at radius 3 is 2.86 bits per heavy atom. The van der Waals surface area contributed by atoms with Gasteiger partial charge in [0.1, 0.15) is 12.4 Å². The van der Waals surface area contributed by atoms with Gasteiger partial charge in [-0.2, -0.15) is 0 Å². The van der Waals surface area contributed by atoms with Crippen molar-refractivity contribution < 1.29 is 9.26 Å². The van der Waals surface area contributed by atoms with E-state index in [1.54, 1.807) is 18.5 Å². The van der Waals surface area contributed by atoms with E-state index in [4.69, 9.17) is 9.26 Å². The van der Waals surface area contributed by atoms with Gasteiger partial charge in [-0.1, -0.05) is 11.2 Å². The molecule has 0 bridgehead atoms. The van der Waals surface area contributed by atoms with Gasteiger partial charge in [-0.15, -0.1) is 0 Å². The summed E-state index contributed by atoms with van der Waals surface area (Å²) in [5.41, 5.74) is 2.89. The molecule has 0 aromatic carbocycles. The van der Waals surface area contributed by atoms with Gasteiger partial charge >= 0.3 is 0 Å². The molecule has 112 valence electrons. The van der Waals surface area contributed by atoms with Gasteiger partial charge in [-0.05, 0) is 32.0 Å². The van der Waals surface area contributed by atoms with Gasteiger partial charge in [0.25, 0.3) is 5.56 Å². The molecule has 0 atom stereocenters. The summed E-state index contributed by atoms with van der Waals surface area (Å²) in [6.45, 7) is 3.91. The van der Waals surface area contributed by atoms with Crippen molar-refractivity contribution in [3.05, 3.63) is 64.2 Å². The lowest BCUT2D eigenvalue weighted by Gasteiger charge is -2.07. The third kappa shape index (κ3) is 2.76. The average molecular weight is 297 g/mol. The zero-order valence-corrected chi connectivity index (χ0v) is 12.3. The van der Waals surface area contributed by atoms with E-state index in [1.807, 2.05) is 32.0 Å². The fourth-order valence-electron chi connectivity index (χ4n) is 2.24. The van der Waals surface area contributed by atoms with Crippen LogP contribution in [0.25, 0.3) is 11.1 Å². The van der Waals surface area contributed by atoms with Crippen LogP contribution in [0.4, 0.5) is 0 Å². The Morgan fingerprint density at radius 2 is 2.18 bits per heavy atom. The van der Waals surface area contributed by atoms with E-state index in [0.29, 0.717) is 5.76 Å². The number of aromatic amines is 1. The molecular formula is C16H15N3O3. The van der Waals surface area contributed by atoms with Crippen molar-refractivity contribution in [3.63, 3.8) is 0 Å². The van der Waals surface area contributed by atoms with Crippen LogP contribution >= 0.6 is 0 Å². The number of aryl methyl sites for hydroxylation is 2. The zero-order chi connectivity index (χ0) is 15.5. The molecule has 3 rings (SSSR count). The molecule has 0 unspecified atom stereocenters. The smallest absolute Gasteiger partial charge is 0.290 e. The molecule has 0 amide bonds. The maximum atomic E-state index is 11.9. The van der Waals surface area contributed by atoms with Crippen LogP contribution in [0, 0.1) is 13.8 Å². The topological polar surface area (TPSA) is 81.0 Å². The number of nitrogens with zero attached hydrogens (tertiary/aromatic N) is 2. The van der Waals surface area contributed by atoms with Crippen molar-refractivity contribution in [3.8, 4) is 16.9 Å². The number of hydrogen-bond acceptors (Lipinski definition) is 5. The molecule has 0 radical (unpaired) electrons. The molecule has 6 heteroatoms. The second kappa shape index (κ2) is 5.85. The molecule has 0 aliphatic heterocycles. The Balaban J connectivity index is 1.89. The highest BCUT2D eigenvalue weighted by Crippen LogP contribution is 2.27. The second-order valence-electron chi connectivity index (χ2n) is 4.89. The summed E-state index contributed by atoms with van der Waals surface area (Å²) < 4.78 is 10.7. The third-order valence-corrected chi connectivity index (χ3v) is 3.29. The van der Waals surface area contributed by atoms with Crippen molar-refractivity contribution in [1.82, 2.24) is 15.1 Å². The maximum absolute atomic E-state index is 11.9. The summed E-state index contributed by atoms with van der Waals surface area (Å²) in [6.07, 6.45) is 3.31. The van der Waals surface area contributed by atoms with Crippen molar-refractivity contribution in [2.24, 2.45) is 0 Å². The van der Waals surface area contributed by atoms with Gasteiger partial charge in [0.05, 0.1) is 11.4 Å². The molecule has 3 heterocycles. The van der Waals surface area contributed by atoms with Gasteiger partial charge in [-0.3, -0.25) is 9.78 Å². The van der Waals surface area contributed by atoms with Crippen LogP contribution < -0.4 is 10.3 Å². The first kappa shape index (κ1) is 14.1. The second-order valence-corrected chi connectivity index (χ2v) is 4.89. The van der Waals surface area contributed by atoms with Crippen molar-refractivity contribution in [1.29, 1.82) is 0 Å². The predicted octanol–water partition coefficient (Wildman–Crippen LogP) is 2.62. The first-order chi connectivity index (χ1) is 10.6. The Kier molecular flexibility index (Phi) is 3.74. The van der Waals surface area contributed by atoms with Gasteiger partial charge in [-0.25, -0.2) is 0 Å². The lowest BCUT2D eigenvalue weighted by molar-refractivity contribution is 0.297. The summed E-state index contributed by atoms with van der Waals surface area (Å²) in [5.74, 6) is 0.934. The zero-order valence-electron chi connectivity index (χ0n) is 12.3. The van der Waals surface area contributed by atoms with E-state index in [0.717, 1.165) is 22.5 Å². The highest BCUT2D eigenvalue weighted by atomic mass is 16.5. The summed E-state index contributed by atoms with van der Waals surface area (Å²) >= 11 is 0. The van der Waals surface area contributed by atoms with Gasteiger partial charge in [0.15, 0.2) is 5.75 Å². The predicted molar refractivity (Wildman–Crippen MR) is 80.6 cm³/mol. The molecule has 3 aromatic rings. The quantitative estimate of drug-likeness (QED) is 0.800. The minimum atomic E-state index is -0.286. The number of nitrogens with one attached hydrogen (secondary N) is 1. The maximum Gasteiger partial charge on any atom is 0.290 e. The van der Waals surface area contributed by atoms with Crippen LogP contribution in [0.3, 0.4) is 0 Å². The van der Waals surface area contributed by atoms with Crippen LogP contribution in [0.5, 0.6) is 5.75 Å². The number of aromatic nitrogens is 3. The first-order valence-electron chi connectivity index (χ1n) is 6.84. The molecule has 0 fully saturated rings. The molecule has 3 aromatic heterocycles. The number of pyridine rings is 2. The molecular weight excluding hydrogens is 282 g/mol. The fraction of sp³-hybridized carbons (Fsp3) is 0.188. The minimum Gasteiger partial charge on any atom is -0.481 e. The largest absolute Gasteiger partial charge is 0.481 e. The Bertz CT molecular complexity index is 818. The molecule has 0 aliphatic carbocycles. The molecule has 0 spiro atoms. The molecule has 0 aliphatic rings. The van der Waals surface area contributed by atoms with Crippen LogP contribution in [-0.2, 0) is 6.61 Å². The lowest BCUT2D eigenvalue weighted by Crippen LogP contribution is -2.11. The molecule has 1 N–H and O–H groups in total. The number of rotatable bonds is 4. The van der Waals surface area contributed by atoms with Gasteiger partial charge in [0, 0.05) is 23.5 Å². The Hall–Kier alpha value is -2.89. The Morgan fingerprint density at radius 1 is 1.32 bits per heavy atom. The first-order valence-corrected chi connectivity index (χ1v) is 6.84. The van der Waals surface area contributed by atoms with Crippen LogP contribution in [-0.4, -0.2) is 15.1 Å². The highest BCUT2D eigenvalue weighted by Gasteiger charge is 2.13. The molecule has 22 heavy (non-hydrogen) atoms. The highest BCUT2D eigenvalue weighted by molar-refractivity contribution is 5.67. The van der Waals surface area contributed by atoms with Crippen LogP contribution in [0.2, 0.25) is 0 Å². The van der Waals surface area contributed by atoms with Crippen molar-refractivity contribution in [2.75, 3.05) is 0 Å². The summed E-state index contributed by atoms with van der Waals surface area (Å²) in [4.78, 5) is 18.7. The minimum absolute atomic E-state index is 0.231. The summed E-state index contributed by atoms with van der Waals surface area (Å²) in [5, 5.41) is 3.92. The monoisotopic (exact) mass is 297 g/mol. The third-order valence-electron chi connectivity index (χ3n) is 3.29. The average Bonchev–Trinajstić information content (AvgIpc) is 2.87. The molecule has 0 saturated carbocycles.